The van der Waals surface area contributed by atoms with E-state index in [1.54, 1.807) is 29.5 Å². The van der Waals surface area contributed by atoms with Crippen molar-refractivity contribution < 1.29 is 14.6 Å². The highest BCUT2D eigenvalue weighted by Crippen LogP contribution is 2.25. The Labute approximate surface area is 130 Å². The van der Waals surface area contributed by atoms with Crippen molar-refractivity contribution in [3.63, 3.8) is 0 Å². The molecule has 0 saturated carbocycles. The molecular formula is C12H8BrIO3S. The topological polar surface area (TPSA) is 46.5 Å². The highest BCUT2D eigenvalue weighted by Gasteiger charge is 2.08. The highest BCUT2D eigenvalue weighted by molar-refractivity contribution is 14.1. The van der Waals surface area contributed by atoms with E-state index >= 15 is 0 Å². The molecule has 0 amide bonds. The summed E-state index contributed by atoms with van der Waals surface area (Å²) in [5.41, 5.74) is 1.29. The van der Waals surface area contributed by atoms with Crippen LogP contribution in [0.5, 0.6) is 5.75 Å². The number of carboxylic acid groups (broad SMARTS) is 1. The van der Waals surface area contributed by atoms with Crippen molar-refractivity contribution in [3.8, 4) is 5.75 Å². The van der Waals surface area contributed by atoms with Crippen LogP contribution in [0.3, 0.4) is 0 Å². The number of carbonyl (C=O) groups is 1. The molecule has 94 valence electrons. The Hall–Kier alpha value is -0.600. The van der Waals surface area contributed by atoms with Gasteiger partial charge < -0.3 is 9.84 Å². The first-order chi connectivity index (χ1) is 8.56. The predicted octanol–water partition coefficient (Wildman–Crippen LogP) is 4.39. The second kappa shape index (κ2) is 6.03. The van der Waals surface area contributed by atoms with E-state index in [9.17, 15) is 4.79 Å². The molecule has 0 saturated heterocycles. The van der Waals surface area contributed by atoms with Gasteiger partial charge in [0, 0.05) is 5.56 Å². The molecule has 0 aliphatic carbocycles. The van der Waals surface area contributed by atoms with Crippen molar-refractivity contribution in [1.29, 1.82) is 0 Å². The molecule has 0 aliphatic heterocycles. The Balaban J connectivity index is 2.13. The van der Waals surface area contributed by atoms with Crippen molar-refractivity contribution in [2.45, 2.75) is 6.61 Å². The minimum absolute atomic E-state index is 0.233. The van der Waals surface area contributed by atoms with E-state index < -0.39 is 5.97 Å². The molecule has 0 spiro atoms. The summed E-state index contributed by atoms with van der Waals surface area (Å²) in [6.45, 7) is 0.432. The lowest BCUT2D eigenvalue weighted by Gasteiger charge is -2.08. The fourth-order valence-corrected chi connectivity index (χ4v) is 3.01. The highest BCUT2D eigenvalue weighted by atomic mass is 127. The number of ether oxygens (including phenoxy) is 1. The lowest BCUT2D eigenvalue weighted by molar-refractivity contribution is 0.0696. The van der Waals surface area contributed by atoms with Crippen LogP contribution in [0.15, 0.2) is 33.4 Å². The zero-order valence-electron chi connectivity index (χ0n) is 9.02. The van der Waals surface area contributed by atoms with Crippen LogP contribution >= 0.6 is 49.9 Å². The van der Waals surface area contributed by atoms with Gasteiger partial charge in [-0.25, -0.2) is 4.79 Å². The van der Waals surface area contributed by atoms with Gasteiger partial charge in [0.05, 0.1) is 12.9 Å². The van der Waals surface area contributed by atoms with E-state index in [1.165, 1.54) is 0 Å². The smallest absolute Gasteiger partial charge is 0.335 e. The minimum atomic E-state index is -0.950. The van der Waals surface area contributed by atoms with Crippen LogP contribution in [-0.4, -0.2) is 11.1 Å². The minimum Gasteiger partial charge on any atom is -0.488 e. The molecule has 1 N–H and O–H groups in total. The lowest BCUT2D eigenvalue weighted by atomic mass is 10.2. The normalized spacial score (nSPS) is 10.3. The van der Waals surface area contributed by atoms with Gasteiger partial charge in [-0.2, -0.15) is 0 Å². The SMILES string of the molecule is O=C(O)c1ccc(I)c(OCc2csc(Br)c2)c1. The van der Waals surface area contributed by atoms with Crippen LogP contribution in [0.1, 0.15) is 15.9 Å². The van der Waals surface area contributed by atoms with Gasteiger partial charge in [-0.3, -0.25) is 0 Å². The number of carboxylic acids is 1. The Morgan fingerprint density at radius 2 is 2.22 bits per heavy atom. The van der Waals surface area contributed by atoms with Crippen LogP contribution in [0.2, 0.25) is 0 Å². The van der Waals surface area contributed by atoms with Crippen LogP contribution < -0.4 is 4.74 Å². The summed E-state index contributed by atoms with van der Waals surface area (Å²) in [6.07, 6.45) is 0. The summed E-state index contributed by atoms with van der Waals surface area (Å²) < 4.78 is 7.59. The van der Waals surface area contributed by atoms with E-state index in [-0.39, 0.29) is 5.56 Å². The van der Waals surface area contributed by atoms with Gasteiger partial charge in [0.2, 0.25) is 0 Å². The van der Waals surface area contributed by atoms with Gasteiger partial charge in [-0.05, 0) is 68.2 Å². The fraction of sp³-hybridized carbons (Fsp3) is 0.0833. The van der Waals surface area contributed by atoms with Crippen LogP contribution in [0.25, 0.3) is 0 Å². The number of rotatable bonds is 4. The van der Waals surface area contributed by atoms with Crippen molar-refractivity contribution >= 4 is 55.8 Å². The van der Waals surface area contributed by atoms with Gasteiger partial charge in [0.15, 0.2) is 0 Å². The number of benzene rings is 1. The van der Waals surface area contributed by atoms with Crippen LogP contribution in [0, 0.1) is 3.57 Å². The molecule has 0 aliphatic rings. The molecule has 0 bridgehead atoms. The zero-order chi connectivity index (χ0) is 13.1. The predicted molar refractivity (Wildman–Crippen MR) is 82.5 cm³/mol. The van der Waals surface area contributed by atoms with E-state index in [1.807, 2.05) is 11.4 Å². The maximum atomic E-state index is 10.9. The van der Waals surface area contributed by atoms with E-state index in [2.05, 4.69) is 38.5 Å². The standard InChI is InChI=1S/C12H8BrIO3S/c13-11-3-7(6-18-11)5-17-10-4-8(12(15)16)1-2-9(10)14/h1-4,6H,5H2,(H,15,16). The second-order valence-electron chi connectivity index (χ2n) is 3.50. The molecule has 1 aromatic carbocycles. The Morgan fingerprint density at radius 3 is 2.83 bits per heavy atom. The van der Waals surface area contributed by atoms with E-state index in [0.29, 0.717) is 12.4 Å². The van der Waals surface area contributed by atoms with E-state index in [4.69, 9.17) is 9.84 Å². The maximum Gasteiger partial charge on any atom is 0.335 e. The molecule has 0 unspecified atom stereocenters. The van der Waals surface area contributed by atoms with Gasteiger partial charge in [0.1, 0.15) is 12.4 Å². The van der Waals surface area contributed by atoms with Gasteiger partial charge in [-0.1, -0.05) is 0 Å². The third kappa shape index (κ3) is 3.46. The Morgan fingerprint density at radius 1 is 1.44 bits per heavy atom. The summed E-state index contributed by atoms with van der Waals surface area (Å²) in [5.74, 6) is -0.354. The molecular weight excluding hydrogens is 431 g/mol. The van der Waals surface area contributed by atoms with E-state index in [0.717, 1.165) is 12.9 Å². The number of hydrogen-bond donors (Lipinski definition) is 1. The molecule has 18 heavy (non-hydrogen) atoms. The molecule has 0 radical (unpaired) electrons. The third-order valence-electron chi connectivity index (χ3n) is 2.19. The van der Waals surface area contributed by atoms with Gasteiger partial charge in [-0.15, -0.1) is 11.3 Å². The quantitative estimate of drug-likeness (QED) is 0.720. The first-order valence-corrected chi connectivity index (χ1v) is 7.70. The zero-order valence-corrected chi connectivity index (χ0v) is 13.6. The molecule has 1 heterocycles. The summed E-state index contributed by atoms with van der Waals surface area (Å²) in [4.78, 5) is 10.9. The number of halogens is 2. The van der Waals surface area contributed by atoms with Crippen molar-refractivity contribution in [3.05, 3.63) is 48.1 Å². The molecule has 3 nitrogen and oxygen atoms in total. The molecule has 6 heteroatoms. The largest absolute Gasteiger partial charge is 0.488 e. The maximum absolute atomic E-state index is 10.9. The third-order valence-corrected chi connectivity index (χ3v) is 4.64. The molecule has 2 aromatic rings. The average molecular weight is 439 g/mol. The lowest BCUT2D eigenvalue weighted by Crippen LogP contribution is -2.00. The Kier molecular flexibility index (Phi) is 4.63. The number of aromatic carboxylic acids is 1. The van der Waals surface area contributed by atoms with Gasteiger partial charge >= 0.3 is 5.97 Å². The van der Waals surface area contributed by atoms with Gasteiger partial charge in [0.25, 0.3) is 0 Å². The summed E-state index contributed by atoms with van der Waals surface area (Å²) in [6, 6.07) is 6.84. The van der Waals surface area contributed by atoms with Crippen LogP contribution in [0.4, 0.5) is 0 Å². The number of thiophene rings is 1. The summed E-state index contributed by atoms with van der Waals surface area (Å²) in [7, 11) is 0. The molecule has 1 aromatic heterocycles. The molecule has 0 fully saturated rings. The van der Waals surface area contributed by atoms with Crippen molar-refractivity contribution in [2.75, 3.05) is 0 Å². The Bertz CT molecular complexity index is 582. The monoisotopic (exact) mass is 438 g/mol. The average Bonchev–Trinajstić information content (AvgIpc) is 2.74. The second-order valence-corrected chi connectivity index (χ2v) is 6.95. The first kappa shape index (κ1) is 13.8. The van der Waals surface area contributed by atoms with Crippen LogP contribution in [-0.2, 0) is 6.61 Å². The molecule has 2 rings (SSSR count). The summed E-state index contributed by atoms with van der Waals surface area (Å²) in [5, 5.41) is 10.9. The number of hydrogen-bond acceptors (Lipinski definition) is 3. The molecule has 0 atom stereocenters. The first-order valence-electron chi connectivity index (χ1n) is 4.95. The fourth-order valence-electron chi connectivity index (χ4n) is 1.33. The summed E-state index contributed by atoms with van der Waals surface area (Å²) >= 11 is 7.10. The van der Waals surface area contributed by atoms with Crippen molar-refractivity contribution in [2.24, 2.45) is 0 Å². The van der Waals surface area contributed by atoms with Crippen molar-refractivity contribution in [1.82, 2.24) is 0 Å².